The Balaban J connectivity index is 1.07. The van der Waals surface area contributed by atoms with E-state index in [4.69, 9.17) is 9.15 Å². The molecule has 0 spiro atoms. The summed E-state index contributed by atoms with van der Waals surface area (Å²) in [4.78, 5) is 22.4. The minimum atomic E-state index is -0.205. The maximum atomic E-state index is 12.4. The molecule has 0 radical (unpaired) electrons. The number of carbonyl (C=O) groups excluding carboxylic acids is 1. The zero-order valence-corrected chi connectivity index (χ0v) is 22.9. The van der Waals surface area contributed by atoms with Crippen LogP contribution in [0.1, 0.15) is 5.89 Å². The predicted molar refractivity (Wildman–Crippen MR) is 150 cm³/mol. The summed E-state index contributed by atoms with van der Waals surface area (Å²) in [5.74, 6) is 0.906. The number of carbonyl (C=O) groups is 1. The fraction of sp³-hybridized carbons (Fsp3) is 0.0800. The molecular formula is C25H16BrN5O3S3. The Bertz CT molecular complexity index is 1720. The first-order valence-corrected chi connectivity index (χ1v) is 14.4. The van der Waals surface area contributed by atoms with Crippen molar-refractivity contribution in [1.82, 2.24) is 20.2 Å². The quantitative estimate of drug-likeness (QED) is 0.183. The Kier molecular flexibility index (Phi) is 6.87. The third kappa shape index (κ3) is 5.52. The molecule has 0 bridgehead atoms. The summed E-state index contributed by atoms with van der Waals surface area (Å²) >= 11 is 7.70. The van der Waals surface area contributed by atoms with Crippen LogP contribution in [0.25, 0.3) is 31.6 Å². The van der Waals surface area contributed by atoms with Crippen molar-refractivity contribution in [2.45, 2.75) is 11.8 Å². The van der Waals surface area contributed by atoms with Crippen LogP contribution in [0, 0.1) is 0 Å². The molecule has 184 valence electrons. The average Bonchev–Trinajstić information content (AvgIpc) is 3.67. The second kappa shape index (κ2) is 10.6. The third-order valence-electron chi connectivity index (χ3n) is 5.23. The summed E-state index contributed by atoms with van der Waals surface area (Å²) in [6.07, 6.45) is 1.71. The minimum Gasteiger partial charge on any atom is -0.483 e. The van der Waals surface area contributed by atoms with Gasteiger partial charge in [-0.1, -0.05) is 51.2 Å². The van der Waals surface area contributed by atoms with E-state index in [0.717, 1.165) is 42.9 Å². The van der Waals surface area contributed by atoms with Gasteiger partial charge in [-0.25, -0.2) is 4.98 Å². The number of pyridine rings is 1. The van der Waals surface area contributed by atoms with Crippen molar-refractivity contribution in [2.75, 3.05) is 11.1 Å². The first-order chi connectivity index (χ1) is 18.1. The predicted octanol–water partition coefficient (Wildman–Crippen LogP) is 7.03. The van der Waals surface area contributed by atoms with E-state index >= 15 is 0 Å². The van der Waals surface area contributed by atoms with Crippen LogP contribution in [0.2, 0.25) is 0 Å². The first kappa shape index (κ1) is 24.0. The van der Waals surface area contributed by atoms with Crippen molar-refractivity contribution in [3.05, 3.63) is 76.5 Å². The van der Waals surface area contributed by atoms with Crippen LogP contribution in [0.3, 0.4) is 0 Å². The second-order valence-electron chi connectivity index (χ2n) is 7.74. The van der Waals surface area contributed by atoms with Crippen LogP contribution in [0.15, 0.2) is 80.3 Å². The van der Waals surface area contributed by atoms with E-state index in [1.165, 1.54) is 16.2 Å². The van der Waals surface area contributed by atoms with Gasteiger partial charge in [0.1, 0.15) is 5.75 Å². The number of aromatic nitrogens is 4. The Labute approximate surface area is 231 Å². The molecule has 4 aromatic heterocycles. The van der Waals surface area contributed by atoms with Gasteiger partial charge in [-0.05, 0) is 53.4 Å². The van der Waals surface area contributed by atoms with E-state index < -0.39 is 0 Å². The van der Waals surface area contributed by atoms with Gasteiger partial charge in [-0.15, -0.1) is 21.5 Å². The molecule has 0 aliphatic carbocycles. The number of thiophene rings is 1. The van der Waals surface area contributed by atoms with Gasteiger partial charge in [-0.3, -0.25) is 9.78 Å². The van der Waals surface area contributed by atoms with Crippen molar-refractivity contribution in [3.8, 4) is 16.2 Å². The first-order valence-electron chi connectivity index (χ1n) is 11.0. The van der Waals surface area contributed by atoms with E-state index in [9.17, 15) is 4.79 Å². The van der Waals surface area contributed by atoms with Crippen molar-refractivity contribution in [2.24, 2.45) is 0 Å². The van der Waals surface area contributed by atoms with E-state index in [1.54, 1.807) is 17.5 Å². The summed E-state index contributed by atoms with van der Waals surface area (Å²) in [7, 11) is 0. The molecule has 8 nitrogen and oxygen atoms in total. The SMILES string of the molecule is O=C(CSc1nnc(COc2ccnc3ccc(-c4cccs4)cc23)o1)Nc1nc2ccc(Br)cc2s1. The standard InChI is InChI=1S/C25H16BrN5O3S3/c26-15-4-6-18-21(11-15)37-24(28-18)29-22(32)13-36-25-31-30-23(34-25)12-33-19-7-8-27-17-5-3-14(10-16(17)19)20-2-1-9-35-20/h1-11H,12-13H2,(H,28,29,32). The van der Waals surface area contributed by atoms with E-state index in [2.05, 4.69) is 65.0 Å². The lowest BCUT2D eigenvalue weighted by molar-refractivity contribution is -0.113. The van der Waals surface area contributed by atoms with Gasteiger partial charge < -0.3 is 14.5 Å². The number of anilines is 1. The Hall–Kier alpha value is -3.32. The van der Waals surface area contributed by atoms with Crippen molar-refractivity contribution < 1.29 is 13.9 Å². The van der Waals surface area contributed by atoms with E-state index in [1.807, 2.05) is 36.4 Å². The minimum absolute atomic E-state index is 0.101. The Morgan fingerprint density at radius 1 is 1.11 bits per heavy atom. The van der Waals surface area contributed by atoms with Gasteiger partial charge in [0.2, 0.25) is 5.91 Å². The van der Waals surface area contributed by atoms with E-state index in [0.29, 0.717) is 22.0 Å². The van der Waals surface area contributed by atoms with Crippen LogP contribution < -0.4 is 10.1 Å². The molecule has 1 N–H and O–H groups in total. The molecular weight excluding hydrogens is 594 g/mol. The number of nitrogens with one attached hydrogen (secondary N) is 1. The zero-order valence-electron chi connectivity index (χ0n) is 18.9. The summed E-state index contributed by atoms with van der Waals surface area (Å²) in [6, 6.07) is 17.8. The van der Waals surface area contributed by atoms with Gasteiger partial charge in [0.25, 0.3) is 11.1 Å². The van der Waals surface area contributed by atoms with Crippen molar-refractivity contribution in [3.63, 3.8) is 0 Å². The number of benzene rings is 2. The number of hydrogen-bond donors (Lipinski definition) is 1. The molecule has 0 aliphatic rings. The van der Waals surface area contributed by atoms with Gasteiger partial charge in [0, 0.05) is 20.9 Å². The molecule has 0 aliphatic heterocycles. The molecule has 0 atom stereocenters. The number of thiazole rings is 1. The van der Waals surface area contributed by atoms with Gasteiger partial charge in [0.05, 0.1) is 21.5 Å². The smallest absolute Gasteiger partial charge is 0.277 e. The van der Waals surface area contributed by atoms with Crippen LogP contribution >= 0.6 is 50.4 Å². The number of fused-ring (bicyclic) bond motifs is 2. The fourth-order valence-corrected chi connectivity index (χ4v) is 6.31. The molecule has 6 aromatic rings. The highest BCUT2D eigenvalue weighted by atomic mass is 79.9. The van der Waals surface area contributed by atoms with Gasteiger partial charge >= 0.3 is 0 Å². The third-order valence-corrected chi connectivity index (χ3v) is 8.39. The van der Waals surface area contributed by atoms with Crippen LogP contribution in [-0.2, 0) is 11.4 Å². The molecule has 2 aromatic carbocycles. The summed E-state index contributed by atoms with van der Waals surface area (Å²) in [5.41, 5.74) is 2.78. The summed E-state index contributed by atoms with van der Waals surface area (Å²) < 4.78 is 13.6. The molecule has 0 fully saturated rings. The lowest BCUT2D eigenvalue weighted by atomic mass is 10.1. The zero-order chi connectivity index (χ0) is 25.2. The lowest BCUT2D eigenvalue weighted by Crippen LogP contribution is -2.13. The maximum absolute atomic E-state index is 12.4. The topological polar surface area (TPSA) is 103 Å². The van der Waals surface area contributed by atoms with Crippen LogP contribution in [-0.4, -0.2) is 31.8 Å². The lowest BCUT2D eigenvalue weighted by Gasteiger charge is -2.08. The molecule has 0 saturated carbocycles. The highest BCUT2D eigenvalue weighted by Crippen LogP contribution is 2.32. The fourth-order valence-electron chi connectivity index (χ4n) is 3.57. The largest absolute Gasteiger partial charge is 0.483 e. The molecule has 6 rings (SSSR count). The number of nitrogens with zero attached hydrogens (tertiary/aromatic N) is 4. The second-order valence-corrected chi connectivity index (χ2v) is 11.6. The molecule has 1 amide bonds. The van der Waals surface area contributed by atoms with Gasteiger partial charge in [-0.2, -0.15) is 0 Å². The number of halogens is 1. The normalized spacial score (nSPS) is 11.3. The number of hydrogen-bond acceptors (Lipinski definition) is 10. The maximum Gasteiger partial charge on any atom is 0.277 e. The molecule has 0 unspecified atom stereocenters. The summed E-state index contributed by atoms with van der Waals surface area (Å²) in [6.45, 7) is 0.101. The van der Waals surface area contributed by atoms with Crippen molar-refractivity contribution >= 4 is 82.5 Å². The molecule has 12 heteroatoms. The van der Waals surface area contributed by atoms with Crippen LogP contribution in [0.5, 0.6) is 5.75 Å². The summed E-state index contributed by atoms with van der Waals surface area (Å²) in [5, 5.41) is 14.7. The Morgan fingerprint density at radius 3 is 2.92 bits per heavy atom. The van der Waals surface area contributed by atoms with Crippen molar-refractivity contribution in [1.29, 1.82) is 0 Å². The monoisotopic (exact) mass is 609 g/mol. The number of ether oxygens (including phenoxy) is 1. The molecule has 4 heterocycles. The number of rotatable bonds is 8. The Morgan fingerprint density at radius 2 is 2.03 bits per heavy atom. The molecule has 37 heavy (non-hydrogen) atoms. The van der Waals surface area contributed by atoms with Crippen LogP contribution in [0.4, 0.5) is 5.13 Å². The number of thioether (sulfide) groups is 1. The molecule has 0 saturated heterocycles. The average molecular weight is 611 g/mol. The van der Waals surface area contributed by atoms with E-state index in [-0.39, 0.29) is 18.3 Å². The highest BCUT2D eigenvalue weighted by molar-refractivity contribution is 9.10. The highest BCUT2D eigenvalue weighted by Gasteiger charge is 2.14. The van der Waals surface area contributed by atoms with Gasteiger partial charge in [0.15, 0.2) is 11.7 Å². The number of amides is 1.